The van der Waals surface area contributed by atoms with Gasteiger partial charge in [0.1, 0.15) is 0 Å². The van der Waals surface area contributed by atoms with Crippen LogP contribution in [-0.4, -0.2) is 49.5 Å². The van der Waals surface area contributed by atoms with Crippen LogP contribution in [0.5, 0.6) is 0 Å². The number of aliphatic hydroxyl groups excluding tert-OH is 1. The van der Waals surface area contributed by atoms with Crippen molar-refractivity contribution in [3.8, 4) is 12.3 Å². The zero-order valence-electron chi connectivity index (χ0n) is 9.65. The summed E-state index contributed by atoms with van der Waals surface area (Å²) in [6.07, 6.45) is 7.46. The highest BCUT2D eigenvalue weighted by atomic mass is 16.5. The van der Waals surface area contributed by atoms with Gasteiger partial charge in [0.15, 0.2) is 0 Å². The molecule has 0 amide bonds. The van der Waals surface area contributed by atoms with E-state index in [0.717, 1.165) is 25.9 Å². The maximum Gasteiger partial charge on any atom is 0.0645 e. The standard InChI is InChI=1S/C12H21NO2/c1-4-5-6-12(15-3)10-9-13(2)8-7-11(10)14/h1,10-12,14H,5-9H2,2-3H3. The molecule has 3 heteroatoms. The van der Waals surface area contributed by atoms with E-state index in [4.69, 9.17) is 11.2 Å². The van der Waals surface area contributed by atoms with Crippen molar-refractivity contribution < 1.29 is 9.84 Å². The lowest BCUT2D eigenvalue weighted by Crippen LogP contribution is -2.47. The van der Waals surface area contributed by atoms with Gasteiger partial charge >= 0.3 is 0 Å². The van der Waals surface area contributed by atoms with Crippen LogP contribution in [0.3, 0.4) is 0 Å². The first-order valence-electron chi connectivity index (χ1n) is 5.52. The quantitative estimate of drug-likeness (QED) is 0.696. The third-order valence-corrected chi connectivity index (χ3v) is 3.18. The average Bonchev–Trinajstić information content (AvgIpc) is 2.24. The lowest BCUT2D eigenvalue weighted by Gasteiger charge is -2.37. The van der Waals surface area contributed by atoms with Crippen molar-refractivity contribution in [1.82, 2.24) is 4.90 Å². The van der Waals surface area contributed by atoms with Crippen molar-refractivity contribution in [2.75, 3.05) is 27.2 Å². The number of aliphatic hydroxyl groups is 1. The minimum Gasteiger partial charge on any atom is -0.393 e. The van der Waals surface area contributed by atoms with Crippen LogP contribution in [0.2, 0.25) is 0 Å². The highest BCUT2D eigenvalue weighted by molar-refractivity contribution is 4.89. The minimum absolute atomic E-state index is 0.0822. The molecule has 1 N–H and O–H groups in total. The molecule has 0 aromatic carbocycles. The number of likely N-dealkylation sites (tertiary alicyclic amines) is 1. The molecule has 3 unspecified atom stereocenters. The largest absolute Gasteiger partial charge is 0.393 e. The normalized spacial score (nSPS) is 29.7. The second-order valence-electron chi connectivity index (χ2n) is 4.30. The highest BCUT2D eigenvalue weighted by Gasteiger charge is 2.32. The van der Waals surface area contributed by atoms with Gasteiger partial charge in [0.2, 0.25) is 0 Å². The van der Waals surface area contributed by atoms with Crippen LogP contribution in [0.1, 0.15) is 19.3 Å². The van der Waals surface area contributed by atoms with Crippen molar-refractivity contribution in [2.45, 2.75) is 31.5 Å². The number of rotatable bonds is 4. The molecule has 0 bridgehead atoms. The van der Waals surface area contributed by atoms with Crippen LogP contribution in [0, 0.1) is 18.3 Å². The molecule has 1 aliphatic rings. The Morgan fingerprint density at radius 3 is 3.00 bits per heavy atom. The van der Waals surface area contributed by atoms with E-state index in [1.54, 1.807) is 7.11 Å². The van der Waals surface area contributed by atoms with Crippen molar-refractivity contribution in [3.63, 3.8) is 0 Å². The van der Waals surface area contributed by atoms with Gasteiger partial charge in [-0.2, -0.15) is 0 Å². The highest BCUT2D eigenvalue weighted by Crippen LogP contribution is 2.23. The van der Waals surface area contributed by atoms with Gasteiger partial charge in [0, 0.05) is 32.5 Å². The summed E-state index contributed by atoms with van der Waals surface area (Å²) in [6, 6.07) is 0. The minimum atomic E-state index is -0.246. The predicted octanol–water partition coefficient (Wildman–Crippen LogP) is 0.727. The van der Waals surface area contributed by atoms with Crippen molar-refractivity contribution in [2.24, 2.45) is 5.92 Å². The molecule has 0 aromatic rings. The summed E-state index contributed by atoms with van der Waals surface area (Å²) in [4.78, 5) is 2.24. The van der Waals surface area contributed by atoms with Gasteiger partial charge in [-0.05, 0) is 19.9 Å². The van der Waals surface area contributed by atoms with E-state index in [9.17, 15) is 5.11 Å². The zero-order chi connectivity index (χ0) is 11.3. The maximum atomic E-state index is 9.93. The van der Waals surface area contributed by atoms with Crippen LogP contribution in [0.25, 0.3) is 0 Å². The smallest absolute Gasteiger partial charge is 0.0645 e. The summed E-state index contributed by atoms with van der Waals surface area (Å²) in [5.74, 6) is 2.82. The summed E-state index contributed by atoms with van der Waals surface area (Å²) < 4.78 is 5.43. The second kappa shape index (κ2) is 6.12. The third-order valence-electron chi connectivity index (χ3n) is 3.18. The molecule has 0 radical (unpaired) electrons. The molecule has 0 spiro atoms. The monoisotopic (exact) mass is 211 g/mol. The van der Waals surface area contributed by atoms with Crippen LogP contribution < -0.4 is 0 Å². The lowest BCUT2D eigenvalue weighted by atomic mass is 9.87. The number of nitrogens with zero attached hydrogens (tertiary/aromatic N) is 1. The molecule has 3 atom stereocenters. The predicted molar refractivity (Wildman–Crippen MR) is 60.5 cm³/mol. The van der Waals surface area contributed by atoms with E-state index < -0.39 is 0 Å². The topological polar surface area (TPSA) is 32.7 Å². The molecule has 3 nitrogen and oxygen atoms in total. The van der Waals surface area contributed by atoms with Crippen LogP contribution >= 0.6 is 0 Å². The van der Waals surface area contributed by atoms with Gasteiger partial charge in [0.05, 0.1) is 12.2 Å². The fourth-order valence-electron chi connectivity index (χ4n) is 2.24. The molecular formula is C12H21NO2. The van der Waals surface area contributed by atoms with Gasteiger partial charge < -0.3 is 14.7 Å². The number of hydrogen-bond donors (Lipinski definition) is 1. The Hall–Kier alpha value is -0.560. The first kappa shape index (κ1) is 12.5. The molecule has 1 saturated heterocycles. The Morgan fingerprint density at radius 2 is 2.40 bits per heavy atom. The molecule has 0 saturated carbocycles. The van der Waals surface area contributed by atoms with E-state index in [1.807, 2.05) is 0 Å². The summed E-state index contributed by atoms with van der Waals surface area (Å²) in [5, 5.41) is 9.93. The summed E-state index contributed by atoms with van der Waals surface area (Å²) in [5.41, 5.74) is 0. The number of methoxy groups -OCH3 is 1. The Bertz CT molecular complexity index is 224. The van der Waals surface area contributed by atoms with Crippen molar-refractivity contribution in [1.29, 1.82) is 0 Å². The van der Waals surface area contributed by atoms with Gasteiger partial charge in [-0.15, -0.1) is 12.3 Å². The molecule has 1 aliphatic heterocycles. The summed E-state index contributed by atoms with van der Waals surface area (Å²) in [7, 11) is 3.77. The van der Waals surface area contributed by atoms with Crippen LogP contribution in [-0.2, 0) is 4.74 Å². The molecule has 86 valence electrons. The molecule has 1 fully saturated rings. The van der Waals surface area contributed by atoms with Crippen LogP contribution in [0.15, 0.2) is 0 Å². The van der Waals surface area contributed by atoms with Crippen LogP contribution in [0.4, 0.5) is 0 Å². The van der Waals surface area contributed by atoms with Gasteiger partial charge in [-0.25, -0.2) is 0 Å². The van der Waals surface area contributed by atoms with E-state index >= 15 is 0 Å². The summed E-state index contributed by atoms with van der Waals surface area (Å²) in [6.45, 7) is 1.85. The van der Waals surface area contributed by atoms with Gasteiger partial charge in [0.25, 0.3) is 0 Å². The molecule has 1 heterocycles. The van der Waals surface area contributed by atoms with E-state index in [2.05, 4.69) is 17.9 Å². The molecule has 0 aromatic heterocycles. The van der Waals surface area contributed by atoms with E-state index in [-0.39, 0.29) is 18.1 Å². The third kappa shape index (κ3) is 3.49. The van der Waals surface area contributed by atoms with Crippen molar-refractivity contribution >= 4 is 0 Å². The number of ether oxygens (including phenoxy) is 1. The average molecular weight is 211 g/mol. The Kier molecular flexibility index (Phi) is 5.10. The Balaban J connectivity index is 2.52. The first-order valence-corrected chi connectivity index (χ1v) is 5.52. The zero-order valence-corrected chi connectivity index (χ0v) is 9.65. The molecule has 0 aliphatic carbocycles. The van der Waals surface area contributed by atoms with E-state index in [1.165, 1.54) is 0 Å². The maximum absolute atomic E-state index is 9.93. The second-order valence-corrected chi connectivity index (χ2v) is 4.30. The Labute approximate surface area is 92.4 Å². The fourth-order valence-corrected chi connectivity index (χ4v) is 2.24. The van der Waals surface area contributed by atoms with Gasteiger partial charge in [-0.1, -0.05) is 0 Å². The fraction of sp³-hybridized carbons (Fsp3) is 0.833. The van der Waals surface area contributed by atoms with Gasteiger partial charge in [-0.3, -0.25) is 0 Å². The summed E-state index contributed by atoms with van der Waals surface area (Å²) >= 11 is 0. The SMILES string of the molecule is C#CCCC(OC)C1CN(C)CCC1O. The Morgan fingerprint density at radius 1 is 1.67 bits per heavy atom. The van der Waals surface area contributed by atoms with E-state index in [0.29, 0.717) is 6.42 Å². The number of hydrogen-bond acceptors (Lipinski definition) is 3. The first-order chi connectivity index (χ1) is 7.19. The molecule has 15 heavy (non-hydrogen) atoms. The molecule has 1 rings (SSSR count). The molecular weight excluding hydrogens is 190 g/mol. The number of piperidine rings is 1. The number of terminal acetylenes is 1. The van der Waals surface area contributed by atoms with Crippen molar-refractivity contribution in [3.05, 3.63) is 0 Å². The lowest BCUT2D eigenvalue weighted by molar-refractivity contribution is -0.0526.